The average Bonchev–Trinajstić information content (AvgIpc) is 3.12. The molecule has 2 aromatic carbocycles. The van der Waals surface area contributed by atoms with Crippen molar-refractivity contribution in [2.75, 3.05) is 37.5 Å². The molecule has 2 aliphatic carbocycles. The number of ether oxygens (including phenoxy) is 2. The Balaban J connectivity index is 1.44. The van der Waals surface area contributed by atoms with Gasteiger partial charge in [-0.15, -0.1) is 0 Å². The minimum absolute atomic E-state index is 0.0355. The third-order valence-electron chi connectivity index (χ3n) is 10.5. The van der Waals surface area contributed by atoms with Gasteiger partial charge in [0.15, 0.2) is 0 Å². The molecule has 0 amide bonds. The second kappa shape index (κ2) is 13.6. The summed E-state index contributed by atoms with van der Waals surface area (Å²) in [7, 11) is -1.82. The van der Waals surface area contributed by atoms with Gasteiger partial charge in [0.25, 0.3) is 0 Å². The van der Waals surface area contributed by atoms with Crippen molar-refractivity contribution in [3.63, 3.8) is 0 Å². The summed E-state index contributed by atoms with van der Waals surface area (Å²) >= 11 is 6.40. The molecule has 10 heteroatoms. The maximum absolute atomic E-state index is 12.0. The Morgan fingerprint density at radius 1 is 1.27 bits per heavy atom. The Morgan fingerprint density at radius 2 is 2.04 bits per heavy atom. The fourth-order valence-corrected chi connectivity index (χ4v) is 9.36. The van der Waals surface area contributed by atoms with Gasteiger partial charge in [-0.25, -0.2) is 18.4 Å². The summed E-state index contributed by atoms with van der Waals surface area (Å²) in [5.41, 5.74) is 4.46. The molecule has 6 atom stereocenters. The van der Waals surface area contributed by atoms with Crippen LogP contribution in [0.15, 0.2) is 48.0 Å². The number of primary sulfonamides is 1. The van der Waals surface area contributed by atoms with Crippen molar-refractivity contribution in [2.24, 2.45) is 28.8 Å². The van der Waals surface area contributed by atoms with Gasteiger partial charge in [0.1, 0.15) is 5.75 Å². The van der Waals surface area contributed by atoms with E-state index >= 15 is 0 Å². The molecule has 0 aromatic heterocycles. The molecule has 8 nitrogen and oxygen atoms in total. The molecule has 45 heavy (non-hydrogen) atoms. The number of carboxylic acid groups (broad SMARTS) is 1. The van der Waals surface area contributed by atoms with Gasteiger partial charge in [-0.05, 0) is 110 Å². The topological polar surface area (TPSA) is 119 Å². The van der Waals surface area contributed by atoms with E-state index in [-0.39, 0.29) is 40.6 Å². The number of aryl methyl sites for hydroxylation is 1. The van der Waals surface area contributed by atoms with Crippen molar-refractivity contribution in [2.45, 2.75) is 70.8 Å². The highest BCUT2D eigenvalue weighted by molar-refractivity contribution is 7.89. The van der Waals surface area contributed by atoms with E-state index < -0.39 is 16.0 Å². The molecule has 0 saturated heterocycles. The number of halogens is 1. The van der Waals surface area contributed by atoms with Crippen molar-refractivity contribution in [3.8, 4) is 5.75 Å². The number of methoxy groups -OCH3 is 1. The lowest BCUT2D eigenvalue weighted by Crippen LogP contribution is -2.50. The van der Waals surface area contributed by atoms with Crippen molar-refractivity contribution in [1.82, 2.24) is 0 Å². The molecule has 2 aromatic rings. The standard InChI is InChI=1S/C35H47ClN2O6S/c1-5-24(19-45(37,41)42)22(2)15-23(3)33(43-4)29-11-8-27(29)18-38-20-35(14-6-7-25-16-28(36)10-12-30(25)35)21-44-32-13-9-26(34(39)40)17-31(32)38/h9-10,12-13,15-17,22,24,27,29,33H,5-8,11,14,18-21H2,1-4H3,(H,39,40)(H2,37,41,42)/b23-15+/t22?,24-,27+,29-,33+,35+/m1/s1. The van der Waals surface area contributed by atoms with Crippen LogP contribution < -0.4 is 14.8 Å². The lowest BCUT2D eigenvalue weighted by atomic mass is 9.67. The van der Waals surface area contributed by atoms with Crippen LogP contribution in [0.2, 0.25) is 5.02 Å². The van der Waals surface area contributed by atoms with Crippen molar-refractivity contribution in [3.05, 3.63) is 69.8 Å². The third-order valence-corrected chi connectivity index (χ3v) is 11.7. The number of nitrogens with zero attached hydrogens (tertiary/aromatic N) is 1. The first-order valence-electron chi connectivity index (χ1n) is 16.1. The van der Waals surface area contributed by atoms with Crippen LogP contribution in [0.4, 0.5) is 5.69 Å². The summed E-state index contributed by atoms with van der Waals surface area (Å²) in [6, 6.07) is 11.4. The zero-order valence-corrected chi connectivity index (χ0v) is 28.4. The fourth-order valence-electron chi connectivity index (χ4n) is 8.03. The van der Waals surface area contributed by atoms with Crippen molar-refractivity contribution < 1.29 is 27.8 Å². The van der Waals surface area contributed by atoms with Crippen LogP contribution in [0.1, 0.15) is 74.4 Å². The molecule has 1 spiro atoms. The van der Waals surface area contributed by atoms with Gasteiger partial charge in [0, 0.05) is 30.6 Å². The number of hydrogen-bond acceptors (Lipinski definition) is 6. The van der Waals surface area contributed by atoms with Gasteiger partial charge >= 0.3 is 5.97 Å². The predicted molar refractivity (Wildman–Crippen MR) is 179 cm³/mol. The maximum Gasteiger partial charge on any atom is 0.335 e. The van der Waals surface area contributed by atoms with E-state index in [9.17, 15) is 18.3 Å². The number of benzene rings is 2. The minimum atomic E-state index is -3.57. The largest absolute Gasteiger partial charge is 0.490 e. The molecule has 1 aliphatic heterocycles. The number of fused-ring (bicyclic) bond motifs is 3. The third kappa shape index (κ3) is 7.37. The van der Waals surface area contributed by atoms with Crippen LogP contribution in [-0.4, -0.2) is 58.2 Å². The van der Waals surface area contributed by atoms with E-state index in [0.29, 0.717) is 18.3 Å². The summed E-state index contributed by atoms with van der Waals surface area (Å²) in [5, 5.41) is 16.0. The monoisotopic (exact) mass is 658 g/mol. The van der Waals surface area contributed by atoms with E-state index in [2.05, 4.69) is 37.0 Å². The Morgan fingerprint density at radius 3 is 2.69 bits per heavy atom. The predicted octanol–water partition coefficient (Wildman–Crippen LogP) is 6.45. The quantitative estimate of drug-likeness (QED) is 0.266. The van der Waals surface area contributed by atoms with Crippen LogP contribution >= 0.6 is 11.6 Å². The number of nitrogens with two attached hydrogens (primary N) is 1. The molecule has 1 saturated carbocycles. The Kier molecular flexibility index (Phi) is 10.2. The summed E-state index contributed by atoms with van der Waals surface area (Å²) in [5.74, 6) is 0.287. The number of carboxylic acids is 1. The number of anilines is 1. The number of sulfonamides is 1. The van der Waals surface area contributed by atoms with Crippen LogP contribution in [0.3, 0.4) is 0 Å². The van der Waals surface area contributed by atoms with Gasteiger partial charge in [0.2, 0.25) is 10.0 Å². The maximum atomic E-state index is 12.0. The van der Waals surface area contributed by atoms with Gasteiger partial charge in [-0.3, -0.25) is 0 Å². The zero-order chi connectivity index (χ0) is 32.5. The molecule has 246 valence electrons. The highest BCUT2D eigenvalue weighted by Crippen LogP contribution is 2.47. The fraction of sp³-hybridized carbons (Fsp3) is 0.571. The zero-order valence-electron chi connectivity index (χ0n) is 26.8. The normalized spacial score (nSPS) is 25.3. The molecule has 0 bridgehead atoms. The van der Waals surface area contributed by atoms with E-state index in [0.717, 1.165) is 67.9 Å². The number of hydrogen-bond donors (Lipinski definition) is 2. The lowest BCUT2D eigenvalue weighted by Gasteiger charge is -2.46. The number of aromatic carboxylic acids is 1. The first-order chi connectivity index (χ1) is 21.3. The second-order valence-electron chi connectivity index (χ2n) is 13.5. The van der Waals surface area contributed by atoms with Gasteiger partial charge in [-0.1, -0.05) is 44.0 Å². The average molecular weight is 659 g/mol. The van der Waals surface area contributed by atoms with Crippen LogP contribution in [0, 0.1) is 23.7 Å². The molecular formula is C35H47ClN2O6S. The van der Waals surface area contributed by atoms with E-state index in [1.54, 1.807) is 25.3 Å². The number of carbonyl (C=O) groups is 1. The molecule has 0 radical (unpaired) electrons. The number of rotatable bonds is 11. The Labute approximate surface area is 273 Å². The molecule has 5 rings (SSSR count). The van der Waals surface area contributed by atoms with Gasteiger partial charge in [0.05, 0.1) is 29.7 Å². The first-order valence-corrected chi connectivity index (χ1v) is 18.2. The SMILES string of the molecule is CC[C@H](CS(N)(=O)=O)C(C)/C=C(\C)[C@H](OC)[C@@H]1CC[C@H]1CN1C[C@@]2(CCCc3cc(Cl)ccc32)COc2ccc(C(=O)O)cc21. The van der Waals surface area contributed by atoms with Crippen molar-refractivity contribution in [1.29, 1.82) is 0 Å². The van der Waals surface area contributed by atoms with Crippen LogP contribution in [-0.2, 0) is 26.6 Å². The highest BCUT2D eigenvalue weighted by atomic mass is 35.5. The molecule has 3 N–H and O–H groups in total. The lowest BCUT2D eigenvalue weighted by molar-refractivity contribution is 0.00592. The molecule has 1 heterocycles. The second-order valence-corrected chi connectivity index (χ2v) is 15.6. The Hall–Kier alpha value is -2.59. The van der Waals surface area contributed by atoms with Crippen LogP contribution in [0.25, 0.3) is 0 Å². The minimum Gasteiger partial charge on any atom is -0.490 e. The molecule has 1 fully saturated rings. The van der Waals surface area contributed by atoms with E-state index in [1.807, 2.05) is 13.0 Å². The first kappa shape index (κ1) is 33.8. The number of allylic oxidation sites excluding steroid dienone is 1. The molecule has 3 aliphatic rings. The summed E-state index contributed by atoms with van der Waals surface area (Å²) in [6.45, 7) is 8.11. The molecule has 1 unspecified atom stereocenters. The van der Waals surface area contributed by atoms with E-state index in [4.69, 9.17) is 26.2 Å². The van der Waals surface area contributed by atoms with E-state index in [1.165, 1.54) is 11.1 Å². The summed E-state index contributed by atoms with van der Waals surface area (Å²) < 4.78 is 36.3. The van der Waals surface area contributed by atoms with Crippen molar-refractivity contribution >= 4 is 33.3 Å². The summed E-state index contributed by atoms with van der Waals surface area (Å²) in [4.78, 5) is 14.4. The van der Waals surface area contributed by atoms with Gasteiger partial charge < -0.3 is 19.5 Å². The Bertz CT molecular complexity index is 1540. The van der Waals surface area contributed by atoms with Crippen LogP contribution in [0.5, 0.6) is 5.75 Å². The van der Waals surface area contributed by atoms with Gasteiger partial charge in [-0.2, -0.15) is 0 Å². The highest BCUT2D eigenvalue weighted by Gasteiger charge is 2.45. The smallest absolute Gasteiger partial charge is 0.335 e. The summed E-state index contributed by atoms with van der Waals surface area (Å²) in [6.07, 6.45) is 7.84. The molecular weight excluding hydrogens is 612 g/mol.